The van der Waals surface area contributed by atoms with Crippen molar-refractivity contribution in [3.8, 4) is 17.5 Å². The van der Waals surface area contributed by atoms with Crippen LogP contribution in [-0.4, -0.2) is 21.9 Å². The fourth-order valence-corrected chi connectivity index (χ4v) is 2.62. The van der Waals surface area contributed by atoms with Gasteiger partial charge in [-0.3, -0.25) is 0 Å². The van der Waals surface area contributed by atoms with Crippen LogP contribution in [-0.2, 0) is 6.54 Å². The molecule has 1 N–H and O–H groups in total. The number of hydrogen-bond acceptors (Lipinski definition) is 5. The molecule has 0 bridgehead atoms. The van der Waals surface area contributed by atoms with Crippen LogP contribution in [0.25, 0.3) is 5.69 Å². The molecule has 0 saturated carbocycles. The average molecular weight is 333 g/mol. The summed E-state index contributed by atoms with van der Waals surface area (Å²) in [6.45, 7) is 2.72. The number of nitrogens with zero attached hydrogens (tertiary/aromatic N) is 4. The van der Waals surface area contributed by atoms with Crippen molar-refractivity contribution in [2.24, 2.45) is 0 Å². The van der Waals surface area contributed by atoms with Crippen LogP contribution in [0.2, 0.25) is 0 Å². The van der Waals surface area contributed by atoms with E-state index < -0.39 is 0 Å². The monoisotopic (exact) mass is 333 g/mol. The molecule has 25 heavy (non-hydrogen) atoms. The van der Waals surface area contributed by atoms with Crippen molar-refractivity contribution in [2.75, 3.05) is 7.11 Å². The fraction of sp³-hybridized carbons (Fsp3) is 0.211. The zero-order valence-electron chi connectivity index (χ0n) is 14.2. The molecule has 0 radical (unpaired) electrons. The highest BCUT2D eigenvalue weighted by molar-refractivity contribution is 5.42. The molecule has 0 saturated heterocycles. The quantitative estimate of drug-likeness (QED) is 0.750. The van der Waals surface area contributed by atoms with Crippen LogP contribution in [0.4, 0.5) is 0 Å². The molecule has 3 aromatic rings. The molecule has 0 fully saturated rings. The lowest BCUT2D eigenvalue weighted by Gasteiger charge is -2.16. The molecular formula is C19H19N5O. The number of nitrogens with one attached hydrogen (secondary N) is 1. The Labute approximate surface area is 146 Å². The van der Waals surface area contributed by atoms with Gasteiger partial charge in [-0.05, 0) is 42.8 Å². The average Bonchev–Trinajstić information content (AvgIpc) is 3.20. The Kier molecular flexibility index (Phi) is 5.07. The van der Waals surface area contributed by atoms with Crippen molar-refractivity contribution in [3.63, 3.8) is 0 Å². The summed E-state index contributed by atoms with van der Waals surface area (Å²) in [6, 6.07) is 15.9. The first-order valence-corrected chi connectivity index (χ1v) is 7.96. The summed E-state index contributed by atoms with van der Waals surface area (Å²) in [6.07, 6.45) is 3.19. The topological polar surface area (TPSA) is 75.8 Å². The van der Waals surface area contributed by atoms with Crippen molar-refractivity contribution in [2.45, 2.75) is 19.5 Å². The Balaban J connectivity index is 1.68. The second-order valence-corrected chi connectivity index (χ2v) is 5.67. The van der Waals surface area contributed by atoms with E-state index in [-0.39, 0.29) is 6.04 Å². The Hall–Kier alpha value is -3.17. The van der Waals surface area contributed by atoms with E-state index in [1.807, 2.05) is 24.3 Å². The number of ether oxygens (including phenoxy) is 1. The molecule has 1 aromatic heterocycles. The molecule has 0 spiro atoms. The maximum absolute atomic E-state index is 9.06. The van der Waals surface area contributed by atoms with Crippen molar-refractivity contribution >= 4 is 0 Å². The summed E-state index contributed by atoms with van der Waals surface area (Å²) in [5.41, 5.74) is 3.73. The molecule has 0 amide bonds. The highest BCUT2D eigenvalue weighted by atomic mass is 16.5. The molecule has 3 rings (SSSR count). The van der Waals surface area contributed by atoms with E-state index in [1.54, 1.807) is 24.2 Å². The van der Waals surface area contributed by atoms with Gasteiger partial charge in [0.2, 0.25) is 0 Å². The Morgan fingerprint density at radius 2 is 2.04 bits per heavy atom. The van der Waals surface area contributed by atoms with E-state index in [0.29, 0.717) is 12.1 Å². The van der Waals surface area contributed by atoms with E-state index in [9.17, 15) is 0 Å². The van der Waals surface area contributed by atoms with Crippen molar-refractivity contribution < 1.29 is 4.74 Å². The first-order valence-electron chi connectivity index (χ1n) is 7.96. The third kappa shape index (κ3) is 3.84. The highest BCUT2D eigenvalue weighted by Crippen LogP contribution is 2.21. The molecule has 1 atom stereocenters. The summed E-state index contributed by atoms with van der Waals surface area (Å²) < 4.78 is 7.10. The summed E-state index contributed by atoms with van der Waals surface area (Å²) >= 11 is 0. The van der Waals surface area contributed by atoms with E-state index in [1.165, 1.54) is 11.9 Å². The molecule has 1 heterocycles. The van der Waals surface area contributed by atoms with Gasteiger partial charge in [0.15, 0.2) is 0 Å². The largest absolute Gasteiger partial charge is 0.496 e. The Morgan fingerprint density at radius 1 is 1.24 bits per heavy atom. The van der Waals surface area contributed by atoms with Crippen LogP contribution in [0.15, 0.2) is 55.1 Å². The molecule has 6 heteroatoms. The molecule has 0 aliphatic rings. The molecule has 0 aliphatic heterocycles. The second-order valence-electron chi connectivity index (χ2n) is 5.67. The minimum atomic E-state index is 0.153. The summed E-state index contributed by atoms with van der Waals surface area (Å²) in [5.74, 6) is 0.778. The number of aromatic nitrogens is 3. The number of hydrogen-bond donors (Lipinski definition) is 1. The van der Waals surface area contributed by atoms with Gasteiger partial charge in [-0.25, -0.2) is 9.67 Å². The number of methoxy groups -OCH3 is 1. The lowest BCUT2D eigenvalue weighted by molar-refractivity contribution is 0.406. The smallest absolute Gasteiger partial charge is 0.138 e. The normalized spacial score (nSPS) is 11.7. The summed E-state index contributed by atoms with van der Waals surface area (Å²) in [7, 11) is 1.64. The van der Waals surface area contributed by atoms with E-state index in [0.717, 1.165) is 17.0 Å². The lowest BCUT2D eigenvalue weighted by Crippen LogP contribution is -2.18. The SMILES string of the molecule is COc1ccc(C#N)cc1CN[C@H](C)c1ccc(-n2cncn2)cc1. The zero-order chi connectivity index (χ0) is 17.6. The van der Waals surface area contributed by atoms with Crippen LogP contribution in [0, 0.1) is 11.3 Å². The third-order valence-electron chi connectivity index (χ3n) is 4.08. The molecule has 0 aliphatic carbocycles. The van der Waals surface area contributed by atoms with Crippen LogP contribution in [0.5, 0.6) is 5.75 Å². The second kappa shape index (κ2) is 7.60. The zero-order valence-corrected chi connectivity index (χ0v) is 14.2. The van der Waals surface area contributed by atoms with Crippen molar-refractivity contribution in [1.29, 1.82) is 5.26 Å². The molecule has 6 nitrogen and oxygen atoms in total. The molecule has 2 aromatic carbocycles. The summed E-state index contributed by atoms with van der Waals surface area (Å²) in [4.78, 5) is 3.95. The van der Waals surface area contributed by atoms with Gasteiger partial charge in [-0.1, -0.05) is 12.1 Å². The summed E-state index contributed by atoms with van der Waals surface area (Å²) in [5, 5.41) is 16.7. The molecule has 126 valence electrons. The predicted molar refractivity (Wildman–Crippen MR) is 94.3 cm³/mol. The fourth-order valence-electron chi connectivity index (χ4n) is 2.62. The first-order chi connectivity index (χ1) is 12.2. The number of rotatable bonds is 6. The third-order valence-corrected chi connectivity index (χ3v) is 4.08. The van der Waals surface area contributed by atoms with E-state index in [2.05, 4.69) is 40.5 Å². The van der Waals surface area contributed by atoms with E-state index >= 15 is 0 Å². The highest BCUT2D eigenvalue weighted by Gasteiger charge is 2.09. The Morgan fingerprint density at radius 3 is 2.68 bits per heavy atom. The minimum absolute atomic E-state index is 0.153. The van der Waals surface area contributed by atoms with Gasteiger partial charge in [0.1, 0.15) is 18.4 Å². The molecular weight excluding hydrogens is 314 g/mol. The van der Waals surface area contributed by atoms with Crippen LogP contribution in [0.3, 0.4) is 0 Å². The molecule has 0 unspecified atom stereocenters. The van der Waals surface area contributed by atoms with Crippen molar-refractivity contribution in [3.05, 3.63) is 71.8 Å². The number of benzene rings is 2. The van der Waals surface area contributed by atoms with Gasteiger partial charge in [0, 0.05) is 18.2 Å². The lowest BCUT2D eigenvalue weighted by atomic mass is 10.1. The Bertz CT molecular complexity index is 866. The predicted octanol–water partition coefficient (Wildman–Crippen LogP) is 3.00. The van der Waals surface area contributed by atoms with Crippen LogP contribution in [0.1, 0.15) is 29.7 Å². The number of nitriles is 1. The van der Waals surface area contributed by atoms with Gasteiger partial charge in [0.25, 0.3) is 0 Å². The maximum Gasteiger partial charge on any atom is 0.138 e. The van der Waals surface area contributed by atoms with E-state index in [4.69, 9.17) is 10.00 Å². The van der Waals surface area contributed by atoms with Gasteiger partial charge >= 0.3 is 0 Å². The standard InChI is InChI=1S/C19H19N5O/c1-14(16-4-6-18(7-5-16)24-13-21-12-23-24)22-11-17-9-15(10-20)3-8-19(17)25-2/h3-9,12-14,22H,11H2,1-2H3/t14-/m1/s1. The van der Waals surface area contributed by atoms with Gasteiger partial charge < -0.3 is 10.1 Å². The first kappa shape index (κ1) is 16.7. The van der Waals surface area contributed by atoms with Crippen molar-refractivity contribution in [1.82, 2.24) is 20.1 Å². The van der Waals surface area contributed by atoms with Gasteiger partial charge in [-0.2, -0.15) is 10.4 Å². The van der Waals surface area contributed by atoms with Crippen LogP contribution < -0.4 is 10.1 Å². The maximum atomic E-state index is 9.06. The van der Waals surface area contributed by atoms with Gasteiger partial charge in [0.05, 0.1) is 24.4 Å². The van der Waals surface area contributed by atoms with Gasteiger partial charge in [-0.15, -0.1) is 0 Å². The minimum Gasteiger partial charge on any atom is -0.496 e. The van der Waals surface area contributed by atoms with Crippen LogP contribution >= 0.6 is 0 Å².